The highest BCUT2D eigenvalue weighted by atomic mass is 16.6. The maximum atomic E-state index is 11.4. The average Bonchev–Trinajstić information content (AvgIpc) is 2.36. The van der Waals surface area contributed by atoms with Gasteiger partial charge in [0.2, 0.25) is 0 Å². The molecule has 100 valence electrons. The maximum absolute atomic E-state index is 11.4. The van der Waals surface area contributed by atoms with Crippen molar-refractivity contribution >= 4 is 6.09 Å². The van der Waals surface area contributed by atoms with Gasteiger partial charge < -0.3 is 19.8 Å². The number of carbonyl (C=O) groups is 1. The fourth-order valence-corrected chi connectivity index (χ4v) is 1.79. The van der Waals surface area contributed by atoms with Crippen molar-refractivity contribution in [3.05, 3.63) is 0 Å². The molecular formula is C11H22N2O4. The molecule has 6 heteroatoms. The monoisotopic (exact) mass is 246 g/mol. The lowest BCUT2D eigenvalue weighted by molar-refractivity contribution is 0.0584. The molecule has 6 nitrogen and oxygen atoms in total. The summed E-state index contributed by atoms with van der Waals surface area (Å²) in [5.74, 6) is 0. The van der Waals surface area contributed by atoms with Gasteiger partial charge in [0.15, 0.2) is 0 Å². The molecule has 1 amide bonds. The Morgan fingerprint density at radius 1 is 1.35 bits per heavy atom. The van der Waals surface area contributed by atoms with E-state index in [0.29, 0.717) is 26.1 Å². The van der Waals surface area contributed by atoms with Gasteiger partial charge in [0, 0.05) is 32.7 Å². The van der Waals surface area contributed by atoms with Gasteiger partial charge in [0.25, 0.3) is 0 Å². The van der Waals surface area contributed by atoms with Crippen LogP contribution in [0.3, 0.4) is 0 Å². The van der Waals surface area contributed by atoms with Crippen molar-refractivity contribution in [1.29, 1.82) is 0 Å². The quantitative estimate of drug-likeness (QED) is 0.684. The Kier molecular flexibility index (Phi) is 6.25. The Labute approximate surface area is 102 Å². The van der Waals surface area contributed by atoms with E-state index in [1.807, 2.05) is 0 Å². The number of aliphatic hydroxyl groups excluding tert-OH is 2. The van der Waals surface area contributed by atoms with E-state index >= 15 is 0 Å². The van der Waals surface area contributed by atoms with Gasteiger partial charge in [-0.1, -0.05) is 0 Å². The first-order chi connectivity index (χ1) is 8.17. The number of amides is 1. The van der Waals surface area contributed by atoms with Crippen LogP contribution in [-0.2, 0) is 4.74 Å². The first-order valence-electron chi connectivity index (χ1n) is 6.10. The number of rotatable bonds is 5. The van der Waals surface area contributed by atoms with E-state index in [1.54, 1.807) is 11.8 Å². The van der Waals surface area contributed by atoms with E-state index in [4.69, 9.17) is 9.84 Å². The van der Waals surface area contributed by atoms with Crippen LogP contribution in [0.2, 0.25) is 0 Å². The molecule has 0 radical (unpaired) electrons. The Bertz CT molecular complexity index is 230. The fraction of sp³-hybridized carbons (Fsp3) is 0.909. The summed E-state index contributed by atoms with van der Waals surface area (Å²) in [5, 5.41) is 17.9. The summed E-state index contributed by atoms with van der Waals surface area (Å²) in [5.41, 5.74) is 0. The Hall–Kier alpha value is -0.850. The number of nitrogens with zero attached hydrogens (tertiary/aromatic N) is 2. The lowest BCUT2D eigenvalue weighted by Gasteiger charge is -2.34. The van der Waals surface area contributed by atoms with Crippen molar-refractivity contribution in [3.8, 4) is 0 Å². The van der Waals surface area contributed by atoms with Gasteiger partial charge in [-0.3, -0.25) is 4.90 Å². The molecule has 1 unspecified atom stereocenters. The molecule has 0 bridgehead atoms. The van der Waals surface area contributed by atoms with Gasteiger partial charge in [-0.2, -0.15) is 0 Å². The first-order valence-corrected chi connectivity index (χ1v) is 6.10. The highest BCUT2D eigenvalue weighted by Gasteiger charge is 2.21. The predicted molar refractivity (Wildman–Crippen MR) is 62.7 cm³/mol. The van der Waals surface area contributed by atoms with E-state index in [1.165, 1.54) is 0 Å². The van der Waals surface area contributed by atoms with E-state index in [2.05, 4.69) is 4.90 Å². The van der Waals surface area contributed by atoms with E-state index < -0.39 is 6.10 Å². The van der Waals surface area contributed by atoms with Crippen molar-refractivity contribution in [2.75, 3.05) is 45.9 Å². The second-order valence-electron chi connectivity index (χ2n) is 4.15. The minimum Gasteiger partial charge on any atom is -0.450 e. The van der Waals surface area contributed by atoms with Gasteiger partial charge in [-0.05, 0) is 13.3 Å². The molecule has 1 atom stereocenters. The van der Waals surface area contributed by atoms with Crippen molar-refractivity contribution in [1.82, 2.24) is 9.80 Å². The number of aliphatic hydroxyl groups is 2. The zero-order valence-corrected chi connectivity index (χ0v) is 10.3. The summed E-state index contributed by atoms with van der Waals surface area (Å²) in [4.78, 5) is 15.3. The molecule has 1 fully saturated rings. The molecule has 2 N–H and O–H groups in total. The molecule has 1 rings (SSSR count). The largest absolute Gasteiger partial charge is 0.450 e. The minimum atomic E-state index is -0.641. The number of carbonyl (C=O) groups excluding carboxylic acids is 1. The Morgan fingerprint density at radius 3 is 2.53 bits per heavy atom. The van der Waals surface area contributed by atoms with Crippen LogP contribution in [0.5, 0.6) is 0 Å². The molecule has 0 spiro atoms. The van der Waals surface area contributed by atoms with Gasteiger partial charge in [0.1, 0.15) is 0 Å². The van der Waals surface area contributed by atoms with Gasteiger partial charge >= 0.3 is 6.09 Å². The molecule has 1 saturated heterocycles. The van der Waals surface area contributed by atoms with Crippen LogP contribution in [0, 0.1) is 0 Å². The standard InChI is InChI=1S/C11H22N2O4/c1-2-17-11(16)13-7-5-12(6-8-13)4-3-10(15)9-14/h10,14-15H,2-9H2,1H3. The lowest BCUT2D eigenvalue weighted by atomic mass is 10.2. The summed E-state index contributed by atoms with van der Waals surface area (Å²) in [6.45, 7) is 5.66. The van der Waals surface area contributed by atoms with Gasteiger partial charge in [-0.15, -0.1) is 0 Å². The highest BCUT2D eigenvalue weighted by molar-refractivity contribution is 5.67. The van der Waals surface area contributed by atoms with E-state index in [0.717, 1.165) is 19.6 Å². The van der Waals surface area contributed by atoms with Crippen LogP contribution in [0.25, 0.3) is 0 Å². The minimum absolute atomic E-state index is 0.192. The van der Waals surface area contributed by atoms with Crippen molar-refractivity contribution in [2.24, 2.45) is 0 Å². The molecule has 0 aromatic rings. The normalized spacial score (nSPS) is 19.1. The number of piperazine rings is 1. The van der Waals surface area contributed by atoms with Gasteiger partial charge in [-0.25, -0.2) is 4.79 Å². The van der Waals surface area contributed by atoms with Gasteiger partial charge in [0.05, 0.1) is 19.3 Å². The van der Waals surface area contributed by atoms with Crippen LogP contribution >= 0.6 is 0 Å². The average molecular weight is 246 g/mol. The maximum Gasteiger partial charge on any atom is 0.409 e. The Balaban J connectivity index is 2.19. The van der Waals surface area contributed by atoms with Crippen LogP contribution < -0.4 is 0 Å². The van der Waals surface area contributed by atoms with E-state index in [9.17, 15) is 9.90 Å². The third kappa shape index (κ3) is 4.89. The second kappa shape index (κ2) is 7.47. The molecule has 17 heavy (non-hydrogen) atoms. The third-order valence-corrected chi connectivity index (χ3v) is 2.89. The Morgan fingerprint density at radius 2 is 2.00 bits per heavy atom. The summed E-state index contributed by atoms with van der Waals surface area (Å²) >= 11 is 0. The first kappa shape index (κ1) is 14.2. The molecule has 1 aliphatic rings. The van der Waals surface area contributed by atoms with Crippen molar-refractivity contribution < 1.29 is 19.7 Å². The second-order valence-corrected chi connectivity index (χ2v) is 4.15. The molecule has 0 aliphatic carbocycles. The predicted octanol–water partition coefficient (Wildman–Crippen LogP) is -0.496. The fourth-order valence-electron chi connectivity index (χ4n) is 1.79. The molecular weight excluding hydrogens is 224 g/mol. The van der Waals surface area contributed by atoms with Crippen LogP contribution in [0.4, 0.5) is 4.79 Å². The zero-order chi connectivity index (χ0) is 12.7. The summed E-state index contributed by atoms with van der Waals surface area (Å²) in [6.07, 6.45) is -0.323. The molecule has 0 aromatic carbocycles. The highest BCUT2D eigenvalue weighted by Crippen LogP contribution is 2.05. The topological polar surface area (TPSA) is 73.2 Å². The number of ether oxygens (including phenoxy) is 1. The third-order valence-electron chi connectivity index (χ3n) is 2.89. The van der Waals surface area contributed by atoms with Crippen molar-refractivity contribution in [2.45, 2.75) is 19.4 Å². The zero-order valence-electron chi connectivity index (χ0n) is 10.3. The molecule has 1 heterocycles. The van der Waals surface area contributed by atoms with Crippen molar-refractivity contribution in [3.63, 3.8) is 0 Å². The smallest absolute Gasteiger partial charge is 0.409 e. The molecule has 1 aliphatic heterocycles. The van der Waals surface area contributed by atoms with E-state index in [-0.39, 0.29) is 12.7 Å². The lowest BCUT2D eigenvalue weighted by Crippen LogP contribution is -2.49. The van der Waals surface area contributed by atoms with Crippen LogP contribution in [0.1, 0.15) is 13.3 Å². The number of hydrogen-bond acceptors (Lipinski definition) is 5. The molecule has 0 aromatic heterocycles. The summed E-state index contributed by atoms with van der Waals surface area (Å²) in [7, 11) is 0. The SMILES string of the molecule is CCOC(=O)N1CCN(CCC(O)CO)CC1. The summed E-state index contributed by atoms with van der Waals surface area (Å²) < 4.78 is 4.93. The molecule has 0 saturated carbocycles. The number of hydrogen-bond donors (Lipinski definition) is 2. The summed E-state index contributed by atoms with van der Waals surface area (Å²) in [6, 6.07) is 0. The van der Waals surface area contributed by atoms with Crippen LogP contribution in [0.15, 0.2) is 0 Å². The van der Waals surface area contributed by atoms with Crippen LogP contribution in [-0.4, -0.2) is 78.1 Å².